The van der Waals surface area contributed by atoms with Gasteiger partial charge < -0.3 is 5.11 Å². The highest BCUT2D eigenvalue weighted by Crippen LogP contribution is 2.33. The largest absolute Gasteiger partial charge is 0.478 e. The van der Waals surface area contributed by atoms with Crippen molar-refractivity contribution < 1.29 is 14.3 Å². The van der Waals surface area contributed by atoms with E-state index >= 15 is 0 Å². The van der Waals surface area contributed by atoms with Crippen LogP contribution in [0.3, 0.4) is 0 Å². The van der Waals surface area contributed by atoms with E-state index in [-0.39, 0.29) is 11.1 Å². The molecule has 2 rings (SSSR count). The zero-order valence-corrected chi connectivity index (χ0v) is 11.6. The van der Waals surface area contributed by atoms with Gasteiger partial charge in [-0.1, -0.05) is 41.4 Å². The number of hydrogen-bond acceptors (Lipinski definition) is 1. The molecule has 0 fully saturated rings. The molecule has 0 spiro atoms. The van der Waals surface area contributed by atoms with Crippen LogP contribution in [-0.2, 0) is 4.79 Å². The molecule has 0 bridgehead atoms. The molecule has 2 nitrogen and oxygen atoms in total. The van der Waals surface area contributed by atoms with E-state index in [4.69, 9.17) is 28.3 Å². The second kappa shape index (κ2) is 6.07. The third kappa shape index (κ3) is 3.18. The van der Waals surface area contributed by atoms with E-state index < -0.39 is 11.8 Å². The van der Waals surface area contributed by atoms with Gasteiger partial charge in [-0.05, 0) is 24.3 Å². The lowest BCUT2D eigenvalue weighted by Crippen LogP contribution is -1.91. The minimum Gasteiger partial charge on any atom is -0.478 e. The van der Waals surface area contributed by atoms with E-state index in [2.05, 4.69) is 0 Å². The van der Waals surface area contributed by atoms with E-state index in [0.717, 1.165) is 6.08 Å². The van der Waals surface area contributed by atoms with Crippen molar-refractivity contribution in [3.63, 3.8) is 0 Å². The van der Waals surface area contributed by atoms with Crippen molar-refractivity contribution >= 4 is 35.2 Å². The average molecular weight is 311 g/mol. The van der Waals surface area contributed by atoms with Gasteiger partial charge in [-0.15, -0.1) is 0 Å². The fraction of sp³-hybridized carbons (Fsp3) is 0. The third-order valence-corrected chi connectivity index (χ3v) is 3.22. The van der Waals surface area contributed by atoms with Crippen LogP contribution in [0, 0.1) is 5.82 Å². The smallest absolute Gasteiger partial charge is 0.328 e. The van der Waals surface area contributed by atoms with Crippen LogP contribution in [0.5, 0.6) is 0 Å². The summed E-state index contributed by atoms with van der Waals surface area (Å²) in [6, 6.07) is 9.42. The quantitative estimate of drug-likeness (QED) is 0.819. The zero-order valence-electron chi connectivity index (χ0n) is 10.1. The molecule has 102 valence electrons. The summed E-state index contributed by atoms with van der Waals surface area (Å²) in [7, 11) is 0. The van der Waals surface area contributed by atoms with Gasteiger partial charge in [-0.3, -0.25) is 0 Å². The predicted molar refractivity (Wildman–Crippen MR) is 78.5 cm³/mol. The Morgan fingerprint density at radius 3 is 2.60 bits per heavy atom. The van der Waals surface area contributed by atoms with Gasteiger partial charge in [0, 0.05) is 32.8 Å². The number of rotatable bonds is 3. The molecule has 2 aromatic carbocycles. The molecule has 0 aliphatic rings. The highest BCUT2D eigenvalue weighted by atomic mass is 35.5. The van der Waals surface area contributed by atoms with Crippen LogP contribution < -0.4 is 0 Å². The Kier molecular flexibility index (Phi) is 4.42. The summed E-state index contributed by atoms with van der Waals surface area (Å²) in [5.74, 6) is -1.69. The molecule has 0 atom stereocenters. The normalized spacial score (nSPS) is 10.9. The van der Waals surface area contributed by atoms with Gasteiger partial charge in [0.1, 0.15) is 5.82 Å². The van der Waals surface area contributed by atoms with Gasteiger partial charge in [-0.25, -0.2) is 9.18 Å². The molecule has 0 heterocycles. The van der Waals surface area contributed by atoms with Crippen LogP contribution in [0.4, 0.5) is 4.39 Å². The lowest BCUT2D eigenvalue weighted by atomic mass is 10.0. The van der Waals surface area contributed by atoms with Crippen molar-refractivity contribution in [2.45, 2.75) is 0 Å². The molecule has 5 heteroatoms. The molecule has 1 N–H and O–H groups in total. The number of carboxylic acid groups (broad SMARTS) is 1. The molecule has 0 unspecified atom stereocenters. The van der Waals surface area contributed by atoms with Gasteiger partial charge in [-0.2, -0.15) is 0 Å². The molecule has 0 radical (unpaired) electrons. The Balaban J connectivity index is 2.55. The Morgan fingerprint density at radius 2 is 1.90 bits per heavy atom. The molecule has 2 aromatic rings. The van der Waals surface area contributed by atoms with Crippen molar-refractivity contribution in [2.24, 2.45) is 0 Å². The maximum atomic E-state index is 14.4. The van der Waals surface area contributed by atoms with Crippen LogP contribution in [0.1, 0.15) is 5.56 Å². The number of carbonyl (C=O) groups is 1. The molecule has 0 saturated heterocycles. The minimum atomic E-state index is -1.14. The number of halogens is 3. The average Bonchev–Trinajstić information content (AvgIpc) is 2.40. The van der Waals surface area contributed by atoms with Crippen LogP contribution in [0.15, 0.2) is 42.5 Å². The fourth-order valence-electron chi connectivity index (χ4n) is 1.75. The topological polar surface area (TPSA) is 37.3 Å². The molecule has 0 aliphatic carbocycles. The van der Waals surface area contributed by atoms with Crippen LogP contribution in [0.25, 0.3) is 17.2 Å². The summed E-state index contributed by atoms with van der Waals surface area (Å²) in [5, 5.41) is 9.39. The van der Waals surface area contributed by atoms with Crippen molar-refractivity contribution in [1.82, 2.24) is 0 Å². The molecule has 0 aromatic heterocycles. The van der Waals surface area contributed by atoms with Gasteiger partial charge in [0.15, 0.2) is 0 Å². The molecular weight excluding hydrogens is 302 g/mol. The third-order valence-electron chi connectivity index (χ3n) is 2.65. The van der Waals surface area contributed by atoms with Gasteiger partial charge >= 0.3 is 5.97 Å². The molecule has 0 amide bonds. The van der Waals surface area contributed by atoms with Crippen LogP contribution in [0.2, 0.25) is 10.0 Å². The van der Waals surface area contributed by atoms with E-state index in [9.17, 15) is 9.18 Å². The van der Waals surface area contributed by atoms with Crippen molar-refractivity contribution in [3.8, 4) is 11.1 Å². The van der Waals surface area contributed by atoms with Crippen molar-refractivity contribution in [3.05, 3.63) is 63.9 Å². The van der Waals surface area contributed by atoms with Crippen LogP contribution >= 0.6 is 23.2 Å². The SMILES string of the molecule is O=C(O)/C=C/c1cccc(-c2cc(Cl)ccc2Cl)c1F. The molecule has 0 aliphatic heterocycles. The summed E-state index contributed by atoms with van der Waals surface area (Å²) in [6.07, 6.45) is 2.07. The lowest BCUT2D eigenvalue weighted by Gasteiger charge is -2.08. The van der Waals surface area contributed by atoms with E-state index in [1.165, 1.54) is 12.1 Å². The first-order valence-corrected chi connectivity index (χ1v) is 6.39. The fourth-order valence-corrected chi connectivity index (χ4v) is 2.14. The zero-order chi connectivity index (χ0) is 14.7. The van der Waals surface area contributed by atoms with Gasteiger partial charge in [0.25, 0.3) is 0 Å². The second-order valence-corrected chi connectivity index (χ2v) is 4.85. The van der Waals surface area contributed by atoms with Gasteiger partial charge in [0.05, 0.1) is 0 Å². The minimum absolute atomic E-state index is 0.168. The van der Waals surface area contributed by atoms with Crippen molar-refractivity contribution in [1.29, 1.82) is 0 Å². The van der Waals surface area contributed by atoms with E-state index in [1.807, 2.05) is 0 Å². The molecule has 0 saturated carbocycles. The Morgan fingerprint density at radius 1 is 1.15 bits per heavy atom. The van der Waals surface area contributed by atoms with Gasteiger partial charge in [0.2, 0.25) is 0 Å². The lowest BCUT2D eigenvalue weighted by molar-refractivity contribution is -0.131. The number of benzene rings is 2. The Bertz CT molecular complexity index is 696. The predicted octanol–water partition coefficient (Wildman–Crippen LogP) is 4.90. The summed E-state index contributed by atoms with van der Waals surface area (Å²) in [4.78, 5) is 10.5. The second-order valence-electron chi connectivity index (χ2n) is 4.00. The molecule has 20 heavy (non-hydrogen) atoms. The number of hydrogen-bond donors (Lipinski definition) is 1. The number of aliphatic carboxylic acids is 1. The van der Waals surface area contributed by atoms with Crippen molar-refractivity contribution in [2.75, 3.05) is 0 Å². The maximum Gasteiger partial charge on any atom is 0.328 e. The summed E-state index contributed by atoms with van der Waals surface area (Å²) in [5.41, 5.74) is 0.897. The standard InChI is InChI=1S/C15H9Cl2FO2/c16-10-5-6-13(17)12(8-10)11-3-1-2-9(15(11)18)4-7-14(19)20/h1-8H,(H,19,20)/b7-4+. The number of carboxylic acids is 1. The summed E-state index contributed by atoms with van der Waals surface area (Å²) < 4.78 is 14.4. The summed E-state index contributed by atoms with van der Waals surface area (Å²) in [6.45, 7) is 0. The first kappa shape index (κ1) is 14.6. The first-order valence-electron chi connectivity index (χ1n) is 5.64. The summed E-state index contributed by atoms with van der Waals surface area (Å²) >= 11 is 11.9. The maximum absolute atomic E-state index is 14.4. The van der Waals surface area contributed by atoms with Crippen LogP contribution in [-0.4, -0.2) is 11.1 Å². The highest BCUT2D eigenvalue weighted by Gasteiger charge is 2.12. The first-order chi connectivity index (χ1) is 9.49. The monoisotopic (exact) mass is 310 g/mol. The Hall–Kier alpha value is -1.84. The highest BCUT2D eigenvalue weighted by molar-refractivity contribution is 6.35. The van der Waals surface area contributed by atoms with E-state index in [1.54, 1.807) is 30.3 Å². The van der Waals surface area contributed by atoms with E-state index in [0.29, 0.717) is 15.6 Å². The Labute approximate surface area is 125 Å². The molecular formula is C15H9Cl2FO2.